The van der Waals surface area contributed by atoms with Crippen molar-refractivity contribution in [1.29, 1.82) is 0 Å². The van der Waals surface area contributed by atoms with Gasteiger partial charge < -0.3 is 10.5 Å². The summed E-state index contributed by atoms with van der Waals surface area (Å²) < 4.78 is 7.05. The molecule has 2 rings (SSSR count). The molecule has 0 bridgehead atoms. The van der Waals surface area contributed by atoms with Gasteiger partial charge in [-0.2, -0.15) is 20.1 Å². The van der Waals surface area contributed by atoms with Gasteiger partial charge in [-0.25, -0.2) is 0 Å². The zero-order valence-corrected chi connectivity index (χ0v) is 11.0. The number of aromatic nitrogens is 5. The summed E-state index contributed by atoms with van der Waals surface area (Å²) in [6.07, 6.45) is 4.49. The quantitative estimate of drug-likeness (QED) is 0.867. The SMILES string of the molecule is CCCOc1nc(N)nc(Sc2cnn(C)c2)n1. The second kappa shape index (κ2) is 5.67. The highest BCUT2D eigenvalue weighted by atomic mass is 32.2. The lowest BCUT2D eigenvalue weighted by molar-refractivity contribution is 0.288. The maximum absolute atomic E-state index is 5.61. The third-order valence-corrected chi connectivity index (χ3v) is 2.75. The first-order valence-electron chi connectivity index (χ1n) is 5.48. The lowest BCUT2D eigenvalue weighted by Crippen LogP contribution is -2.05. The van der Waals surface area contributed by atoms with E-state index < -0.39 is 0 Å². The van der Waals surface area contributed by atoms with Crippen LogP contribution in [0.1, 0.15) is 13.3 Å². The molecule has 0 aliphatic heterocycles. The van der Waals surface area contributed by atoms with Crippen LogP contribution in [0.15, 0.2) is 22.4 Å². The smallest absolute Gasteiger partial charge is 0.322 e. The normalized spacial score (nSPS) is 10.6. The monoisotopic (exact) mass is 266 g/mol. The van der Waals surface area contributed by atoms with Crippen LogP contribution in [0.5, 0.6) is 6.01 Å². The van der Waals surface area contributed by atoms with Crippen LogP contribution < -0.4 is 10.5 Å². The second-order valence-electron chi connectivity index (χ2n) is 3.56. The van der Waals surface area contributed by atoms with Gasteiger partial charge in [0.1, 0.15) is 0 Å². The first-order valence-corrected chi connectivity index (χ1v) is 6.30. The number of nitrogens with zero attached hydrogens (tertiary/aromatic N) is 5. The average Bonchev–Trinajstić information content (AvgIpc) is 2.71. The Hall–Kier alpha value is -1.83. The number of nitrogens with two attached hydrogens (primary N) is 1. The van der Waals surface area contributed by atoms with Gasteiger partial charge in [-0.1, -0.05) is 6.92 Å². The Kier molecular flexibility index (Phi) is 3.98. The van der Waals surface area contributed by atoms with E-state index in [-0.39, 0.29) is 12.0 Å². The first kappa shape index (κ1) is 12.6. The second-order valence-corrected chi connectivity index (χ2v) is 4.60. The summed E-state index contributed by atoms with van der Waals surface area (Å²) in [6.45, 7) is 2.57. The van der Waals surface area contributed by atoms with Crippen LogP contribution in [-0.2, 0) is 7.05 Å². The standard InChI is InChI=1S/C10H14N6OS/c1-3-4-17-9-13-8(11)14-10(15-9)18-7-5-12-16(2)6-7/h5-6H,3-4H2,1-2H3,(H2,11,13,14,15). The van der Waals surface area contributed by atoms with E-state index in [9.17, 15) is 0 Å². The van der Waals surface area contributed by atoms with Gasteiger partial charge in [-0.05, 0) is 18.2 Å². The fourth-order valence-corrected chi connectivity index (χ4v) is 1.99. The van der Waals surface area contributed by atoms with Gasteiger partial charge in [-0.3, -0.25) is 4.68 Å². The molecular formula is C10H14N6OS. The highest BCUT2D eigenvalue weighted by Crippen LogP contribution is 2.25. The van der Waals surface area contributed by atoms with Crippen LogP contribution >= 0.6 is 11.8 Å². The Morgan fingerprint density at radius 3 is 2.89 bits per heavy atom. The molecule has 0 aromatic carbocycles. The Labute approximate surface area is 109 Å². The molecule has 0 fully saturated rings. The van der Waals surface area contributed by atoms with Crippen LogP contribution in [0.25, 0.3) is 0 Å². The van der Waals surface area contributed by atoms with Gasteiger partial charge in [0.05, 0.1) is 17.7 Å². The Morgan fingerprint density at radius 2 is 2.22 bits per heavy atom. The molecule has 0 saturated heterocycles. The lowest BCUT2D eigenvalue weighted by Gasteiger charge is -2.04. The highest BCUT2D eigenvalue weighted by molar-refractivity contribution is 7.99. The molecule has 2 heterocycles. The number of nitrogen functional groups attached to an aromatic ring is 1. The predicted molar refractivity (Wildman–Crippen MR) is 67.4 cm³/mol. The van der Waals surface area contributed by atoms with Gasteiger partial charge in [0.25, 0.3) is 0 Å². The van der Waals surface area contributed by atoms with Crippen LogP contribution in [0.3, 0.4) is 0 Å². The minimum absolute atomic E-state index is 0.155. The zero-order chi connectivity index (χ0) is 13.0. The topological polar surface area (TPSA) is 91.7 Å². The van der Waals surface area contributed by atoms with Crippen LogP contribution in [0, 0.1) is 0 Å². The Morgan fingerprint density at radius 1 is 1.39 bits per heavy atom. The minimum atomic E-state index is 0.155. The van der Waals surface area contributed by atoms with E-state index in [1.165, 1.54) is 11.8 Å². The fraction of sp³-hybridized carbons (Fsp3) is 0.400. The van der Waals surface area contributed by atoms with Crippen molar-refractivity contribution in [2.75, 3.05) is 12.3 Å². The van der Waals surface area contributed by atoms with Crippen molar-refractivity contribution in [3.8, 4) is 6.01 Å². The maximum Gasteiger partial charge on any atom is 0.322 e. The minimum Gasteiger partial charge on any atom is -0.463 e. The third-order valence-electron chi connectivity index (χ3n) is 1.94. The third kappa shape index (κ3) is 3.33. The summed E-state index contributed by atoms with van der Waals surface area (Å²) >= 11 is 1.36. The van der Waals surface area contributed by atoms with Crippen LogP contribution in [-0.4, -0.2) is 31.3 Å². The van der Waals surface area contributed by atoms with Crippen molar-refractivity contribution < 1.29 is 4.74 Å². The maximum atomic E-state index is 5.61. The molecule has 0 radical (unpaired) electrons. The molecular weight excluding hydrogens is 252 g/mol. The summed E-state index contributed by atoms with van der Waals surface area (Å²) in [5, 5.41) is 4.57. The molecule has 0 spiro atoms. The van der Waals surface area contributed by atoms with Gasteiger partial charge in [0.2, 0.25) is 11.1 Å². The largest absolute Gasteiger partial charge is 0.463 e. The van der Waals surface area contributed by atoms with Crippen molar-refractivity contribution >= 4 is 17.7 Å². The van der Waals surface area contributed by atoms with Crippen LogP contribution in [0.4, 0.5) is 5.95 Å². The summed E-state index contributed by atoms with van der Waals surface area (Å²) in [7, 11) is 1.85. The van der Waals surface area contributed by atoms with E-state index in [0.717, 1.165) is 11.3 Å². The van der Waals surface area contributed by atoms with Crippen molar-refractivity contribution in [1.82, 2.24) is 24.7 Å². The molecule has 0 amide bonds. The molecule has 8 heteroatoms. The summed E-state index contributed by atoms with van der Waals surface area (Å²) in [4.78, 5) is 13.1. The molecule has 2 aromatic rings. The summed E-state index contributed by atoms with van der Waals surface area (Å²) in [6, 6.07) is 0.260. The van der Waals surface area contributed by atoms with Crippen molar-refractivity contribution in [2.24, 2.45) is 7.05 Å². The Balaban J connectivity index is 2.14. The Bertz CT molecular complexity index is 529. The number of anilines is 1. The van der Waals surface area contributed by atoms with Gasteiger partial charge in [-0.15, -0.1) is 0 Å². The zero-order valence-electron chi connectivity index (χ0n) is 10.2. The first-order chi connectivity index (χ1) is 8.67. The number of hydrogen-bond acceptors (Lipinski definition) is 7. The lowest BCUT2D eigenvalue weighted by atomic mass is 10.5. The molecule has 7 nitrogen and oxygen atoms in total. The van der Waals surface area contributed by atoms with E-state index in [0.29, 0.717) is 11.8 Å². The molecule has 96 valence electrons. The number of aryl methyl sites for hydroxylation is 1. The molecule has 0 unspecified atom stereocenters. The van der Waals surface area contributed by atoms with E-state index in [4.69, 9.17) is 10.5 Å². The number of ether oxygens (including phenoxy) is 1. The van der Waals surface area contributed by atoms with E-state index in [1.807, 2.05) is 20.2 Å². The summed E-state index contributed by atoms with van der Waals surface area (Å²) in [5.41, 5.74) is 5.61. The molecule has 18 heavy (non-hydrogen) atoms. The van der Waals surface area contributed by atoms with Crippen molar-refractivity contribution in [3.05, 3.63) is 12.4 Å². The van der Waals surface area contributed by atoms with Crippen molar-refractivity contribution in [2.45, 2.75) is 23.4 Å². The molecule has 0 atom stereocenters. The predicted octanol–water partition coefficient (Wildman–Crippen LogP) is 1.13. The van der Waals surface area contributed by atoms with E-state index >= 15 is 0 Å². The molecule has 0 aliphatic rings. The van der Waals surface area contributed by atoms with E-state index in [1.54, 1.807) is 10.9 Å². The average molecular weight is 266 g/mol. The molecule has 0 saturated carbocycles. The molecule has 2 N–H and O–H groups in total. The number of hydrogen-bond donors (Lipinski definition) is 1. The van der Waals surface area contributed by atoms with Crippen LogP contribution in [0.2, 0.25) is 0 Å². The van der Waals surface area contributed by atoms with Crippen molar-refractivity contribution in [3.63, 3.8) is 0 Å². The van der Waals surface area contributed by atoms with Gasteiger partial charge >= 0.3 is 6.01 Å². The summed E-state index contributed by atoms with van der Waals surface area (Å²) in [5.74, 6) is 0.155. The van der Waals surface area contributed by atoms with Gasteiger partial charge in [0, 0.05) is 13.2 Å². The highest BCUT2D eigenvalue weighted by Gasteiger charge is 2.08. The molecule has 2 aromatic heterocycles. The van der Waals surface area contributed by atoms with Gasteiger partial charge in [0.15, 0.2) is 0 Å². The molecule has 0 aliphatic carbocycles. The fourth-order valence-electron chi connectivity index (χ4n) is 1.21. The number of rotatable bonds is 5. The van der Waals surface area contributed by atoms with E-state index in [2.05, 4.69) is 20.1 Å².